The third-order valence-corrected chi connectivity index (χ3v) is 6.00. The molecule has 7 heteroatoms. The van der Waals surface area contributed by atoms with Crippen LogP contribution in [0.2, 0.25) is 0 Å². The number of aryl methyl sites for hydroxylation is 1. The third kappa shape index (κ3) is 3.94. The first-order chi connectivity index (χ1) is 15.5. The fourth-order valence-corrected chi connectivity index (χ4v) is 4.36. The van der Waals surface area contributed by atoms with Gasteiger partial charge in [0.05, 0.1) is 7.11 Å². The van der Waals surface area contributed by atoms with E-state index in [1.54, 1.807) is 7.11 Å². The number of methoxy groups -OCH3 is 1. The first kappa shape index (κ1) is 20.2. The summed E-state index contributed by atoms with van der Waals surface area (Å²) >= 11 is 0. The van der Waals surface area contributed by atoms with Gasteiger partial charge in [-0.25, -0.2) is 0 Å². The molecule has 0 aliphatic carbocycles. The molecule has 32 heavy (non-hydrogen) atoms. The molecule has 0 radical (unpaired) electrons. The van der Waals surface area contributed by atoms with E-state index in [1.165, 1.54) is 27.5 Å². The number of rotatable bonds is 6. The molecule has 0 spiro atoms. The van der Waals surface area contributed by atoms with Crippen LogP contribution in [0.4, 0.5) is 0 Å². The van der Waals surface area contributed by atoms with Gasteiger partial charge in [-0.15, -0.1) is 0 Å². The minimum atomic E-state index is -0.695. The van der Waals surface area contributed by atoms with E-state index < -0.39 is 5.66 Å². The van der Waals surface area contributed by atoms with Crippen molar-refractivity contribution in [3.63, 3.8) is 0 Å². The van der Waals surface area contributed by atoms with Gasteiger partial charge in [0.1, 0.15) is 11.4 Å². The Balaban J connectivity index is 1.27. The van der Waals surface area contributed by atoms with Crippen molar-refractivity contribution < 1.29 is 4.74 Å². The van der Waals surface area contributed by atoms with Crippen molar-refractivity contribution >= 4 is 27.8 Å². The molecule has 0 saturated carbocycles. The maximum absolute atomic E-state index is 6.64. The van der Waals surface area contributed by atoms with Gasteiger partial charge in [-0.1, -0.05) is 6.07 Å². The van der Waals surface area contributed by atoms with E-state index in [1.807, 2.05) is 24.5 Å². The van der Waals surface area contributed by atoms with E-state index in [0.29, 0.717) is 18.9 Å². The van der Waals surface area contributed by atoms with Crippen LogP contribution >= 0.6 is 0 Å². The summed E-state index contributed by atoms with van der Waals surface area (Å²) in [7, 11) is 1.70. The number of hydrogen-bond donors (Lipinski definition) is 5. The number of benzene rings is 2. The quantitative estimate of drug-likeness (QED) is 0.324. The Morgan fingerprint density at radius 3 is 2.91 bits per heavy atom. The van der Waals surface area contributed by atoms with Crippen LogP contribution in [0.25, 0.3) is 21.8 Å². The summed E-state index contributed by atoms with van der Waals surface area (Å²) in [5.41, 5.74) is 11.8. The number of nitrogens with two attached hydrogens (primary N) is 1. The number of aromatic nitrogens is 2. The first-order valence-corrected chi connectivity index (χ1v) is 10.8. The van der Waals surface area contributed by atoms with Gasteiger partial charge < -0.3 is 31.1 Å². The molecule has 164 valence electrons. The molecule has 5 rings (SSSR count). The van der Waals surface area contributed by atoms with Crippen molar-refractivity contribution in [3.05, 3.63) is 77.8 Å². The Morgan fingerprint density at radius 1 is 1.12 bits per heavy atom. The highest BCUT2D eigenvalue weighted by Gasteiger charge is 2.26. The average Bonchev–Trinajstić information content (AvgIpc) is 3.40. The van der Waals surface area contributed by atoms with Crippen LogP contribution in [-0.4, -0.2) is 35.2 Å². The molecule has 2 aromatic heterocycles. The standard InChI is InChI=1S/C25H28N6O/c1-16-11-20(32-2)13-21-19(15-30-23(16)21)6-9-28-24-29-10-7-25(26,31-24)14-17-3-4-22-18(12-17)5-8-27-22/h3-5,7-8,10-13,15,27,30H,6,9,14,26H2,1-2H3,(H2,28,29,31). The van der Waals surface area contributed by atoms with E-state index in [2.05, 4.69) is 64.1 Å². The number of aromatic amines is 2. The SMILES string of the molecule is COc1cc(C)c2[nH]cc(CCN=C3NC=CC(N)(Cc4ccc5[nH]ccc5c4)N3)c2c1. The Hall–Kier alpha value is -3.71. The highest BCUT2D eigenvalue weighted by Crippen LogP contribution is 2.27. The van der Waals surface area contributed by atoms with Crippen molar-refractivity contribution in [1.82, 2.24) is 20.6 Å². The third-order valence-electron chi connectivity index (χ3n) is 6.00. The van der Waals surface area contributed by atoms with Gasteiger partial charge in [0, 0.05) is 48.0 Å². The van der Waals surface area contributed by atoms with Gasteiger partial charge >= 0.3 is 0 Å². The zero-order valence-corrected chi connectivity index (χ0v) is 18.3. The number of hydrogen-bond acceptors (Lipinski definition) is 3. The van der Waals surface area contributed by atoms with Gasteiger partial charge in [-0.2, -0.15) is 0 Å². The van der Waals surface area contributed by atoms with Gasteiger partial charge in [-0.05, 0) is 71.8 Å². The molecule has 1 unspecified atom stereocenters. The largest absolute Gasteiger partial charge is 0.497 e. The molecular weight excluding hydrogens is 400 g/mol. The second kappa shape index (κ2) is 8.09. The zero-order chi connectivity index (χ0) is 22.1. The fourth-order valence-electron chi connectivity index (χ4n) is 4.36. The van der Waals surface area contributed by atoms with Crippen molar-refractivity contribution in [2.24, 2.45) is 10.7 Å². The molecule has 2 aromatic carbocycles. The molecule has 0 bridgehead atoms. The molecule has 3 heterocycles. The van der Waals surface area contributed by atoms with E-state index in [9.17, 15) is 0 Å². The fraction of sp³-hybridized carbons (Fsp3) is 0.240. The average molecular weight is 429 g/mol. The zero-order valence-electron chi connectivity index (χ0n) is 18.3. The molecule has 7 nitrogen and oxygen atoms in total. The molecule has 0 saturated heterocycles. The summed E-state index contributed by atoms with van der Waals surface area (Å²) in [6.45, 7) is 2.72. The van der Waals surface area contributed by atoms with Gasteiger partial charge in [0.2, 0.25) is 0 Å². The highest BCUT2D eigenvalue weighted by molar-refractivity contribution is 5.87. The Morgan fingerprint density at radius 2 is 2.03 bits per heavy atom. The number of H-pyrrole nitrogens is 2. The number of nitrogens with zero attached hydrogens (tertiary/aromatic N) is 1. The van der Waals surface area contributed by atoms with Crippen molar-refractivity contribution in [1.29, 1.82) is 0 Å². The summed E-state index contributed by atoms with van der Waals surface area (Å²) in [6, 6.07) is 12.6. The van der Waals surface area contributed by atoms with Crippen LogP contribution in [0.5, 0.6) is 5.75 Å². The lowest BCUT2D eigenvalue weighted by Gasteiger charge is -2.32. The Labute approximate surface area is 186 Å². The van der Waals surface area contributed by atoms with Gasteiger partial charge in [0.25, 0.3) is 0 Å². The summed E-state index contributed by atoms with van der Waals surface area (Å²) in [5.74, 6) is 1.56. The number of aliphatic imine (C=N–C) groups is 1. The monoisotopic (exact) mass is 428 g/mol. The van der Waals surface area contributed by atoms with E-state index in [-0.39, 0.29) is 0 Å². The molecule has 4 aromatic rings. The molecule has 1 aliphatic rings. The lowest BCUT2D eigenvalue weighted by atomic mass is 9.98. The summed E-state index contributed by atoms with van der Waals surface area (Å²) in [5, 5.41) is 8.90. The van der Waals surface area contributed by atoms with Crippen LogP contribution in [0.3, 0.4) is 0 Å². The molecule has 6 N–H and O–H groups in total. The minimum Gasteiger partial charge on any atom is -0.497 e. The van der Waals surface area contributed by atoms with E-state index >= 15 is 0 Å². The van der Waals surface area contributed by atoms with Crippen molar-refractivity contribution in [2.45, 2.75) is 25.4 Å². The molecule has 0 amide bonds. The normalized spacial score (nSPS) is 19.4. The smallest absolute Gasteiger partial charge is 0.197 e. The second-order valence-electron chi connectivity index (χ2n) is 8.38. The van der Waals surface area contributed by atoms with Gasteiger partial charge in [-0.3, -0.25) is 4.99 Å². The highest BCUT2D eigenvalue weighted by atomic mass is 16.5. The van der Waals surface area contributed by atoms with Crippen LogP contribution in [0.1, 0.15) is 16.7 Å². The lowest BCUT2D eigenvalue weighted by Crippen LogP contribution is -2.61. The number of guanidine groups is 1. The number of nitrogens with one attached hydrogen (secondary N) is 4. The van der Waals surface area contributed by atoms with Crippen LogP contribution < -0.4 is 21.1 Å². The van der Waals surface area contributed by atoms with Crippen molar-refractivity contribution in [2.75, 3.05) is 13.7 Å². The molecular formula is C25H28N6O. The van der Waals surface area contributed by atoms with Crippen LogP contribution in [-0.2, 0) is 12.8 Å². The molecule has 1 atom stereocenters. The lowest BCUT2D eigenvalue weighted by molar-refractivity contribution is 0.415. The number of ether oxygens (including phenoxy) is 1. The minimum absolute atomic E-state index is 0.637. The maximum atomic E-state index is 6.64. The molecule has 0 fully saturated rings. The number of fused-ring (bicyclic) bond motifs is 2. The Bertz CT molecular complexity index is 1330. The molecule has 1 aliphatic heterocycles. The summed E-state index contributed by atoms with van der Waals surface area (Å²) in [4.78, 5) is 11.3. The first-order valence-electron chi connectivity index (χ1n) is 10.8. The Kier molecular flexibility index (Phi) is 5.11. The summed E-state index contributed by atoms with van der Waals surface area (Å²) < 4.78 is 5.43. The van der Waals surface area contributed by atoms with E-state index in [0.717, 1.165) is 23.2 Å². The van der Waals surface area contributed by atoms with Crippen molar-refractivity contribution in [3.8, 4) is 5.75 Å². The van der Waals surface area contributed by atoms with Crippen LogP contribution in [0, 0.1) is 6.92 Å². The topological polar surface area (TPSA) is 103 Å². The summed E-state index contributed by atoms with van der Waals surface area (Å²) in [6.07, 6.45) is 9.29. The van der Waals surface area contributed by atoms with E-state index in [4.69, 9.17) is 15.5 Å². The van der Waals surface area contributed by atoms with Gasteiger partial charge in [0.15, 0.2) is 5.96 Å². The van der Waals surface area contributed by atoms with Crippen LogP contribution in [0.15, 0.2) is 66.1 Å². The second-order valence-corrected chi connectivity index (χ2v) is 8.38. The predicted molar refractivity (Wildman–Crippen MR) is 130 cm³/mol. The maximum Gasteiger partial charge on any atom is 0.197 e. The predicted octanol–water partition coefficient (Wildman–Crippen LogP) is 3.47.